The number of aromatic carboxylic acids is 1. The lowest BCUT2D eigenvalue weighted by Gasteiger charge is -2.28. The van der Waals surface area contributed by atoms with Crippen molar-refractivity contribution < 1.29 is 23.9 Å². The molecule has 4 fully saturated rings. The number of piperidine rings is 1. The summed E-state index contributed by atoms with van der Waals surface area (Å²) in [5, 5.41) is 15.6. The van der Waals surface area contributed by atoms with Gasteiger partial charge in [0.1, 0.15) is 23.3 Å². The first-order chi connectivity index (χ1) is 20.4. The van der Waals surface area contributed by atoms with Gasteiger partial charge in [-0.05, 0) is 48.8 Å². The summed E-state index contributed by atoms with van der Waals surface area (Å²) in [5.74, 6) is 2.31. The predicted molar refractivity (Wildman–Crippen MR) is 157 cm³/mol. The predicted octanol–water partition coefficient (Wildman–Crippen LogP) is 6.34. The van der Waals surface area contributed by atoms with Crippen molar-refractivity contribution in [1.82, 2.24) is 15.1 Å². The van der Waals surface area contributed by atoms with Crippen molar-refractivity contribution in [3.05, 3.63) is 69.8 Å². The number of carboxylic acids is 1. The molecule has 1 aromatic carbocycles. The number of hydrogen-bond acceptors (Lipinski definition) is 8. The Balaban J connectivity index is 1.02. The Bertz CT molecular complexity index is 1730. The molecule has 0 amide bonds. The summed E-state index contributed by atoms with van der Waals surface area (Å²) in [6.07, 6.45) is 9.70. The molecule has 2 atom stereocenters. The number of allylic oxidation sites excluding steroid dienone is 1. The van der Waals surface area contributed by atoms with Gasteiger partial charge < -0.3 is 24.0 Å². The number of aromatic nitrogens is 3. The van der Waals surface area contributed by atoms with Gasteiger partial charge >= 0.3 is 5.97 Å². The molecule has 4 aliphatic rings. The lowest BCUT2D eigenvalue weighted by atomic mass is 10.0. The Hall–Kier alpha value is -3.66. The highest BCUT2D eigenvalue weighted by Gasteiger charge is 2.54. The van der Waals surface area contributed by atoms with E-state index in [-0.39, 0.29) is 11.8 Å². The average molecular weight is 605 g/mol. The van der Waals surface area contributed by atoms with Crippen LogP contribution in [-0.2, 0) is 4.74 Å². The SMILES string of the molecule is O=C(O)c1cc(OC2COC2)c2cc(N3CC4C(/C=C/c5c(-c6c(Cl)cncc6Cl)noc5C5CC5)C4C3)ccc2n1. The topological polar surface area (TPSA) is 111 Å². The highest BCUT2D eigenvalue weighted by molar-refractivity contribution is 6.39. The molecular formula is C31H26Cl2N4O5. The van der Waals surface area contributed by atoms with Crippen LogP contribution < -0.4 is 9.64 Å². The lowest BCUT2D eigenvalue weighted by molar-refractivity contribution is -0.0791. The third-order valence-electron chi connectivity index (χ3n) is 8.78. The summed E-state index contributed by atoms with van der Waals surface area (Å²) in [7, 11) is 0. The number of nitrogens with zero attached hydrogens (tertiary/aromatic N) is 4. The summed E-state index contributed by atoms with van der Waals surface area (Å²) in [5.41, 5.74) is 3.93. The van der Waals surface area contributed by atoms with Crippen molar-refractivity contribution >= 4 is 51.8 Å². The minimum Gasteiger partial charge on any atom is -0.485 e. The first-order valence-corrected chi connectivity index (χ1v) is 14.8. The molecule has 2 aliphatic carbocycles. The molecule has 2 saturated heterocycles. The molecule has 2 aliphatic heterocycles. The molecule has 4 aromatic rings. The number of fused-ring (bicyclic) bond motifs is 2. The molecule has 2 unspecified atom stereocenters. The van der Waals surface area contributed by atoms with Crippen LogP contribution in [0.3, 0.4) is 0 Å². The van der Waals surface area contributed by atoms with Crippen LogP contribution in [0.25, 0.3) is 28.2 Å². The summed E-state index contributed by atoms with van der Waals surface area (Å²) in [6, 6.07) is 7.47. The van der Waals surface area contributed by atoms with Crippen molar-refractivity contribution in [3.63, 3.8) is 0 Å². The number of carboxylic acid groups (broad SMARTS) is 1. The Kier molecular flexibility index (Phi) is 6.17. The highest BCUT2D eigenvalue weighted by Crippen LogP contribution is 2.54. The van der Waals surface area contributed by atoms with Crippen LogP contribution in [0.4, 0.5) is 5.69 Å². The lowest BCUT2D eigenvalue weighted by Crippen LogP contribution is -2.38. The molecule has 1 N–H and O–H groups in total. The molecule has 0 spiro atoms. The van der Waals surface area contributed by atoms with Gasteiger partial charge in [-0.25, -0.2) is 9.78 Å². The maximum atomic E-state index is 11.6. The molecule has 3 aromatic heterocycles. The summed E-state index contributed by atoms with van der Waals surface area (Å²) >= 11 is 12.9. The molecule has 8 rings (SSSR count). The van der Waals surface area contributed by atoms with Gasteiger partial charge in [-0.1, -0.05) is 40.5 Å². The number of carbonyl (C=O) groups is 1. The Morgan fingerprint density at radius 2 is 1.86 bits per heavy atom. The minimum absolute atomic E-state index is 0.0307. The van der Waals surface area contributed by atoms with Crippen LogP contribution in [0.1, 0.15) is 40.6 Å². The molecule has 0 bridgehead atoms. The third kappa shape index (κ3) is 4.51. The van der Waals surface area contributed by atoms with E-state index in [2.05, 4.69) is 38.2 Å². The quantitative estimate of drug-likeness (QED) is 0.246. The molecule has 42 heavy (non-hydrogen) atoms. The Labute approximate surface area is 251 Å². The first kappa shape index (κ1) is 26.0. The van der Waals surface area contributed by atoms with Gasteiger partial charge in [0.05, 0.1) is 28.8 Å². The van der Waals surface area contributed by atoms with Gasteiger partial charge in [0, 0.05) is 59.7 Å². The summed E-state index contributed by atoms with van der Waals surface area (Å²) < 4.78 is 17.1. The second kappa shape index (κ2) is 9.97. The van der Waals surface area contributed by atoms with Crippen LogP contribution in [0.5, 0.6) is 5.75 Å². The number of rotatable bonds is 8. The average Bonchev–Trinajstić information content (AvgIpc) is 3.82. The maximum absolute atomic E-state index is 11.6. The van der Waals surface area contributed by atoms with Crippen LogP contribution in [0, 0.1) is 17.8 Å². The van der Waals surface area contributed by atoms with Gasteiger partial charge in [0.2, 0.25) is 0 Å². The molecule has 9 nitrogen and oxygen atoms in total. The molecule has 214 valence electrons. The van der Waals surface area contributed by atoms with Crippen molar-refractivity contribution in [2.24, 2.45) is 17.8 Å². The normalized spacial score (nSPS) is 23.4. The second-order valence-corrected chi connectivity index (χ2v) is 12.3. The largest absolute Gasteiger partial charge is 0.485 e. The van der Waals surface area contributed by atoms with E-state index < -0.39 is 5.97 Å². The minimum atomic E-state index is -1.08. The van der Waals surface area contributed by atoms with Crippen molar-refractivity contribution in [3.8, 4) is 17.0 Å². The van der Waals surface area contributed by atoms with E-state index in [0.717, 1.165) is 48.3 Å². The van der Waals surface area contributed by atoms with E-state index >= 15 is 0 Å². The van der Waals surface area contributed by atoms with Gasteiger partial charge in [-0.15, -0.1) is 0 Å². The van der Waals surface area contributed by atoms with E-state index in [9.17, 15) is 9.90 Å². The van der Waals surface area contributed by atoms with E-state index in [1.54, 1.807) is 12.4 Å². The zero-order chi connectivity index (χ0) is 28.5. The Morgan fingerprint density at radius 3 is 2.52 bits per heavy atom. The van der Waals surface area contributed by atoms with Crippen LogP contribution in [0.15, 0.2) is 47.3 Å². The monoisotopic (exact) mass is 604 g/mol. The molecule has 11 heteroatoms. The van der Waals surface area contributed by atoms with E-state index in [1.807, 2.05) is 12.1 Å². The molecule has 2 saturated carbocycles. The molecular weight excluding hydrogens is 579 g/mol. The van der Waals surface area contributed by atoms with Crippen molar-refractivity contribution in [2.75, 3.05) is 31.2 Å². The first-order valence-electron chi connectivity index (χ1n) is 14.1. The fourth-order valence-electron chi connectivity index (χ4n) is 6.25. The number of benzene rings is 1. The third-order valence-corrected chi connectivity index (χ3v) is 9.35. The smallest absolute Gasteiger partial charge is 0.354 e. The Morgan fingerprint density at radius 1 is 1.10 bits per heavy atom. The van der Waals surface area contributed by atoms with Gasteiger partial charge in [-0.3, -0.25) is 4.98 Å². The molecule has 0 radical (unpaired) electrons. The fourth-order valence-corrected chi connectivity index (χ4v) is 6.80. The van der Waals surface area contributed by atoms with E-state index in [1.165, 1.54) is 6.07 Å². The number of pyridine rings is 2. The van der Waals surface area contributed by atoms with Crippen LogP contribution >= 0.6 is 23.2 Å². The van der Waals surface area contributed by atoms with E-state index in [0.29, 0.717) is 69.5 Å². The van der Waals surface area contributed by atoms with Crippen LogP contribution in [0.2, 0.25) is 10.0 Å². The molecule has 5 heterocycles. The second-order valence-electron chi connectivity index (χ2n) is 11.5. The number of ether oxygens (including phenoxy) is 2. The zero-order valence-electron chi connectivity index (χ0n) is 22.4. The van der Waals surface area contributed by atoms with Gasteiger partial charge in [-0.2, -0.15) is 0 Å². The number of anilines is 1. The van der Waals surface area contributed by atoms with Crippen molar-refractivity contribution in [1.29, 1.82) is 0 Å². The van der Waals surface area contributed by atoms with Gasteiger partial charge in [0.25, 0.3) is 0 Å². The number of halogens is 2. The summed E-state index contributed by atoms with van der Waals surface area (Å²) in [4.78, 5) is 22.4. The van der Waals surface area contributed by atoms with Gasteiger partial charge in [0.15, 0.2) is 5.69 Å². The van der Waals surface area contributed by atoms with E-state index in [4.69, 9.17) is 37.2 Å². The summed E-state index contributed by atoms with van der Waals surface area (Å²) in [6.45, 7) is 2.87. The maximum Gasteiger partial charge on any atom is 0.354 e. The van der Waals surface area contributed by atoms with Crippen LogP contribution in [-0.4, -0.2) is 58.6 Å². The van der Waals surface area contributed by atoms with Crippen molar-refractivity contribution in [2.45, 2.75) is 24.9 Å². The fraction of sp³-hybridized carbons (Fsp3) is 0.355. The zero-order valence-corrected chi connectivity index (χ0v) is 23.9. The highest BCUT2D eigenvalue weighted by atomic mass is 35.5. The number of hydrogen-bond donors (Lipinski definition) is 1. The standard InChI is InChI=1S/C31H26Cl2N4O5/c32-23-9-34-10-24(33)28(23)29-19(30(42-36-29)15-1-2-15)5-4-18-21-11-37(12-22(18)21)16-3-6-25-20(7-16)27(41-17-13-40-14-17)8-26(35-25)31(38)39/h3-10,15,17-18,21-22H,1-2,11-14H2,(H,38,39)/b5-4+.